The zero-order chi connectivity index (χ0) is 14.0. The van der Waals surface area contributed by atoms with Gasteiger partial charge in [-0.3, -0.25) is 0 Å². The number of halogens is 3. The molecule has 1 aromatic heterocycles. The van der Waals surface area contributed by atoms with E-state index < -0.39 is 17.7 Å². The van der Waals surface area contributed by atoms with Crippen molar-refractivity contribution in [2.24, 2.45) is 0 Å². The summed E-state index contributed by atoms with van der Waals surface area (Å²) in [6.07, 6.45) is -2.35. The number of benzene rings is 1. The van der Waals surface area contributed by atoms with E-state index in [9.17, 15) is 18.0 Å². The fourth-order valence-electron chi connectivity index (χ4n) is 1.74. The Balaban J connectivity index is 2.61. The smallest absolute Gasteiger partial charge is 0.417 e. The van der Waals surface area contributed by atoms with Crippen LogP contribution in [0.1, 0.15) is 15.9 Å². The molecular weight excluding hydrogens is 261 g/mol. The van der Waals surface area contributed by atoms with Crippen LogP contribution in [0.5, 0.6) is 0 Å². The normalized spacial score (nSPS) is 11.4. The second-order valence-corrected chi connectivity index (χ2v) is 3.73. The highest BCUT2D eigenvalue weighted by atomic mass is 19.4. The Labute approximate surface area is 106 Å². The minimum Gasteiger partial charge on any atom is -0.471 e. The molecule has 0 aliphatic carbocycles. The molecule has 0 N–H and O–H groups in total. The molecular formula is C13H9F3O3. The van der Waals surface area contributed by atoms with Crippen LogP contribution in [0, 0.1) is 0 Å². The van der Waals surface area contributed by atoms with Crippen LogP contribution >= 0.6 is 0 Å². The number of furan rings is 1. The maximum atomic E-state index is 12.9. The van der Waals surface area contributed by atoms with E-state index in [-0.39, 0.29) is 16.7 Å². The van der Waals surface area contributed by atoms with Crippen molar-refractivity contribution in [3.8, 4) is 11.1 Å². The van der Waals surface area contributed by atoms with E-state index in [2.05, 4.69) is 4.74 Å². The number of ether oxygens (including phenoxy) is 1. The lowest BCUT2D eigenvalue weighted by atomic mass is 9.98. The molecule has 0 spiro atoms. The summed E-state index contributed by atoms with van der Waals surface area (Å²) in [5.74, 6) is -0.749. The minimum absolute atomic E-state index is 0.0424. The molecule has 2 aromatic rings. The van der Waals surface area contributed by atoms with Gasteiger partial charge in [-0.05, 0) is 11.6 Å². The number of esters is 1. The first-order chi connectivity index (χ1) is 8.95. The van der Waals surface area contributed by atoms with Crippen LogP contribution in [-0.2, 0) is 10.9 Å². The van der Waals surface area contributed by atoms with E-state index in [1.54, 1.807) is 0 Å². The molecule has 0 unspecified atom stereocenters. The van der Waals surface area contributed by atoms with Gasteiger partial charge in [0.1, 0.15) is 11.8 Å². The van der Waals surface area contributed by atoms with Gasteiger partial charge in [-0.15, -0.1) is 0 Å². The molecule has 0 saturated carbocycles. The fraction of sp³-hybridized carbons (Fsp3) is 0.154. The first-order valence-corrected chi connectivity index (χ1v) is 5.26. The van der Waals surface area contributed by atoms with E-state index in [1.165, 1.54) is 18.2 Å². The highest BCUT2D eigenvalue weighted by molar-refractivity contribution is 5.97. The van der Waals surface area contributed by atoms with Gasteiger partial charge >= 0.3 is 12.1 Å². The number of carbonyl (C=O) groups excluding carboxylic acids is 1. The van der Waals surface area contributed by atoms with Crippen molar-refractivity contribution in [2.75, 3.05) is 7.11 Å². The number of methoxy groups -OCH3 is 1. The first-order valence-electron chi connectivity index (χ1n) is 5.26. The Kier molecular flexibility index (Phi) is 3.33. The standard InChI is InChI=1S/C13H9F3O3/c1-18-12(17)10-7-19-6-9(10)8-4-2-3-5-11(8)13(14,15)16/h2-7H,1H3. The van der Waals surface area contributed by atoms with Gasteiger partial charge in [0.15, 0.2) is 0 Å². The number of alkyl halides is 3. The molecule has 0 amide bonds. The molecule has 0 saturated heterocycles. The molecule has 0 aliphatic heterocycles. The Morgan fingerprint density at radius 1 is 1.16 bits per heavy atom. The van der Waals surface area contributed by atoms with E-state index in [0.717, 1.165) is 25.7 Å². The molecule has 2 rings (SSSR count). The van der Waals surface area contributed by atoms with Crippen molar-refractivity contribution in [2.45, 2.75) is 6.18 Å². The lowest BCUT2D eigenvalue weighted by molar-refractivity contribution is -0.137. The Bertz CT molecular complexity index is 599. The molecule has 1 aromatic carbocycles. The van der Waals surface area contributed by atoms with Crippen LogP contribution in [0.3, 0.4) is 0 Å². The van der Waals surface area contributed by atoms with Gasteiger partial charge in [0.2, 0.25) is 0 Å². The maximum Gasteiger partial charge on any atom is 0.417 e. The third-order valence-electron chi connectivity index (χ3n) is 2.59. The maximum absolute atomic E-state index is 12.9. The highest BCUT2D eigenvalue weighted by Crippen LogP contribution is 2.38. The van der Waals surface area contributed by atoms with Gasteiger partial charge in [0.25, 0.3) is 0 Å². The summed E-state index contributed by atoms with van der Waals surface area (Å²) in [6, 6.07) is 4.96. The first kappa shape index (κ1) is 13.2. The molecule has 19 heavy (non-hydrogen) atoms. The van der Waals surface area contributed by atoms with Gasteiger partial charge in [-0.2, -0.15) is 13.2 Å². The predicted octanol–water partition coefficient (Wildman–Crippen LogP) is 3.75. The summed E-state index contributed by atoms with van der Waals surface area (Å²) in [7, 11) is 1.15. The number of hydrogen-bond donors (Lipinski definition) is 0. The second kappa shape index (κ2) is 4.79. The quantitative estimate of drug-likeness (QED) is 0.780. The van der Waals surface area contributed by atoms with Crippen LogP contribution in [0.15, 0.2) is 41.2 Å². The minimum atomic E-state index is -4.51. The summed E-state index contributed by atoms with van der Waals surface area (Å²) in [4.78, 5) is 11.5. The van der Waals surface area contributed by atoms with E-state index in [1.807, 2.05) is 0 Å². The average molecular weight is 270 g/mol. The van der Waals surface area contributed by atoms with Crippen molar-refractivity contribution in [3.63, 3.8) is 0 Å². The summed E-state index contributed by atoms with van der Waals surface area (Å²) in [5.41, 5.74) is -0.940. The van der Waals surface area contributed by atoms with Crippen molar-refractivity contribution in [3.05, 3.63) is 47.9 Å². The molecule has 0 atom stereocenters. The third-order valence-corrected chi connectivity index (χ3v) is 2.59. The zero-order valence-electron chi connectivity index (χ0n) is 9.82. The average Bonchev–Trinajstić information content (AvgIpc) is 2.86. The molecule has 100 valence electrons. The SMILES string of the molecule is COC(=O)c1cocc1-c1ccccc1C(F)(F)F. The van der Waals surface area contributed by atoms with E-state index in [0.29, 0.717) is 0 Å². The number of carbonyl (C=O) groups is 1. The van der Waals surface area contributed by atoms with Crippen molar-refractivity contribution >= 4 is 5.97 Å². The molecule has 0 fully saturated rings. The molecule has 6 heteroatoms. The molecule has 1 heterocycles. The largest absolute Gasteiger partial charge is 0.471 e. The number of rotatable bonds is 2. The van der Waals surface area contributed by atoms with Gasteiger partial charge < -0.3 is 9.15 Å². The fourth-order valence-corrected chi connectivity index (χ4v) is 1.74. The molecule has 0 bridgehead atoms. The van der Waals surface area contributed by atoms with Gasteiger partial charge in [0, 0.05) is 5.56 Å². The summed E-state index contributed by atoms with van der Waals surface area (Å²) < 4.78 is 48.0. The summed E-state index contributed by atoms with van der Waals surface area (Å²) >= 11 is 0. The Morgan fingerprint density at radius 3 is 2.47 bits per heavy atom. The predicted molar refractivity (Wildman–Crippen MR) is 60.5 cm³/mol. The van der Waals surface area contributed by atoms with Crippen molar-refractivity contribution in [1.82, 2.24) is 0 Å². The number of hydrogen-bond acceptors (Lipinski definition) is 3. The van der Waals surface area contributed by atoms with Crippen molar-refractivity contribution in [1.29, 1.82) is 0 Å². The highest BCUT2D eigenvalue weighted by Gasteiger charge is 2.34. The van der Waals surface area contributed by atoms with Crippen LogP contribution < -0.4 is 0 Å². The molecule has 0 radical (unpaired) electrons. The van der Waals surface area contributed by atoms with E-state index >= 15 is 0 Å². The molecule has 3 nitrogen and oxygen atoms in total. The van der Waals surface area contributed by atoms with Crippen LogP contribution in [0.25, 0.3) is 11.1 Å². The van der Waals surface area contributed by atoms with Crippen LogP contribution in [-0.4, -0.2) is 13.1 Å². The monoisotopic (exact) mass is 270 g/mol. The van der Waals surface area contributed by atoms with Gasteiger partial charge in [-0.25, -0.2) is 4.79 Å². The van der Waals surface area contributed by atoms with Gasteiger partial charge in [-0.1, -0.05) is 18.2 Å². The second-order valence-electron chi connectivity index (χ2n) is 3.73. The van der Waals surface area contributed by atoms with E-state index in [4.69, 9.17) is 4.42 Å². The summed E-state index contributed by atoms with van der Waals surface area (Å²) in [5, 5.41) is 0. The van der Waals surface area contributed by atoms with Gasteiger partial charge in [0.05, 0.1) is 18.9 Å². The molecule has 0 aliphatic rings. The van der Waals surface area contributed by atoms with Crippen LogP contribution in [0.2, 0.25) is 0 Å². The lowest BCUT2D eigenvalue weighted by Gasteiger charge is -2.12. The zero-order valence-corrected chi connectivity index (χ0v) is 9.82. The topological polar surface area (TPSA) is 39.4 Å². The third kappa shape index (κ3) is 2.47. The lowest BCUT2D eigenvalue weighted by Crippen LogP contribution is -2.08. The Hall–Kier alpha value is -2.24. The van der Waals surface area contributed by atoms with Crippen molar-refractivity contribution < 1.29 is 27.1 Å². The Morgan fingerprint density at radius 2 is 1.84 bits per heavy atom. The summed E-state index contributed by atoms with van der Waals surface area (Å²) in [6.45, 7) is 0. The van der Waals surface area contributed by atoms with Crippen LogP contribution in [0.4, 0.5) is 13.2 Å².